The van der Waals surface area contributed by atoms with Crippen molar-refractivity contribution in [2.75, 3.05) is 13.1 Å². The highest BCUT2D eigenvalue weighted by atomic mass is 15.3. The summed E-state index contributed by atoms with van der Waals surface area (Å²) >= 11 is 0. The van der Waals surface area contributed by atoms with Crippen LogP contribution in [0.25, 0.3) is 0 Å². The van der Waals surface area contributed by atoms with Gasteiger partial charge in [-0.2, -0.15) is 0 Å². The Balaban J connectivity index is 1.89. The molecule has 2 heteroatoms. The van der Waals surface area contributed by atoms with E-state index in [2.05, 4.69) is 55.3 Å². The zero-order chi connectivity index (χ0) is 14.8. The van der Waals surface area contributed by atoms with Gasteiger partial charge >= 0.3 is 0 Å². The number of hydrogen-bond donors (Lipinski definition) is 1. The molecule has 1 heterocycles. The molecule has 3 unspecified atom stereocenters. The molecule has 0 spiro atoms. The first kappa shape index (κ1) is 15.1. The molecule has 1 saturated heterocycles. The lowest BCUT2D eigenvalue weighted by Crippen LogP contribution is -2.59. The zero-order valence-electron chi connectivity index (χ0n) is 13.8. The van der Waals surface area contributed by atoms with Crippen LogP contribution in [0.15, 0.2) is 24.3 Å². The van der Waals surface area contributed by atoms with E-state index in [0.29, 0.717) is 24.0 Å². The second-order valence-electron chi connectivity index (χ2n) is 7.13. The Hall–Kier alpha value is -0.860. The zero-order valence-corrected chi connectivity index (χ0v) is 13.8. The highest BCUT2D eigenvalue weighted by Crippen LogP contribution is 2.37. The van der Waals surface area contributed by atoms with E-state index in [9.17, 15) is 0 Å². The summed E-state index contributed by atoms with van der Waals surface area (Å²) in [6, 6.07) is 11.1. The molecule has 21 heavy (non-hydrogen) atoms. The summed E-state index contributed by atoms with van der Waals surface area (Å²) in [5.74, 6) is 0.712. The minimum absolute atomic E-state index is 0.638. The maximum atomic E-state index is 3.75. The average Bonchev–Trinajstić information content (AvgIpc) is 2.53. The van der Waals surface area contributed by atoms with Crippen molar-refractivity contribution in [3.05, 3.63) is 35.4 Å². The van der Waals surface area contributed by atoms with Crippen molar-refractivity contribution >= 4 is 0 Å². The molecule has 1 N–H and O–H groups in total. The molecule has 1 aliphatic heterocycles. The molecule has 0 radical (unpaired) electrons. The van der Waals surface area contributed by atoms with E-state index in [4.69, 9.17) is 0 Å². The van der Waals surface area contributed by atoms with Crippen LogP contribution in [-0.2, 0) is 6.42 Å². The topological polar surface area (TPSA) is 15.3 Å². The van der Waals surface area contributed by atoms with Crippen LogP contribution in [0.2, 0.25) is 0 Å². The number of rotatable bonds is 3. The molecule has 0 aromatic heterocycles. The Bertz CT molecular complexity index is 468. The number of aryl methyl sites for hydroxylation is 1. The molecular weight excluding hydrogens is 256 g/mol. The van der Waals surface area contributed by atoms with Crippen molar-refractivity contribution < 1.29 is 0 Å². The highest BCUT2D eigenvalue weighted by Gasteiger charge is 2.36. The van der Waals surface area contributed by atoms with E-state index in [-0.39, 0.29) is 0 Å². The summed E-state index contributed by atoms with van der Waals surface area (Å²) in [6.45, 7) is 9.41. The fourth-order valence-electron chi connectivity index (χ4n) is 4.18. The van der Waals surface area contributed by atoms with Crippen LogP contribution in [0, 0.1) is 5.92 Å². The third-order valence-corrected chi connectivity index (χ3v) is 5.47. The molecule has 116 valence electrons. The van der Waals surface area contributed by atoms with E-state index in [1.165, 1.54) is 32.2 Å². The van der Waals surface area contributed by atoms with Gasteiger partial charge in [-0.15, -0.1) is 0 Å². The summed E-state index contributed by atoms with van der Waals surface area (Å²) in [4.78, 5) is 2.83. The summed E-state index contributed by atoms with van der Waals surface area (Å²) in [7, 11) is 0. The largest absolute Gasteiger partial charge is 0.311 e. The van der Waals surface area contributed by atoms with Crippen LogP contribution in [0.3, 0.4) is 0 Å². The number of fused-ring (bicyclic) bond motifs is 1. The lowest BCUT2D eigenvalue weighted by atomic mass is 9.84. The van der Waals surface area contributed by atoms with Gasteiger partial charge < -0.3 is 5.32 Å². The predicted molar refractivity (Wildman–Crippen MR) is 89.5 cm³/mol. The van der Waals surface area contributed by atoms with E-state index < -0.39 is 0 Å². The second kappa shape index (κ2) is 6.50. The van der Waals surface area contributed by atoms with Crippen LogP contribution in [0.1, 0.15) is 57.2 Å². The van der Waals surface area contributed by atoms with Crippen molar-refractivity contribution in [2.45, 2.75) is 64.6 Å². The normalized spacial score (nSPS) is 30.4. The van der Waals surface area contributed by atoms with Crippen LogP contribution < -0.4 is 5.32 Å². The van der Waals surface area contributed by atoms with Crippen molar-refractivity contribution in [1.82, 2.24) is 10.2 Å². The lowest BCUT2D eigenvalue weighted by molar-refractivity contribution is 0.0464. The van der Waals surface area contributed by atoms with Gasteiger partial charge in [-0.25, -0.2) is 0 Å². The summed E-state index contributed by atoms with van der Waals surface area (Å²) in [5.41, 5.74) is 3.19. The monoisotopic (exact) mass is 286 g/mol. The third-order valence-electron chi connectivity index (χ3n) is 5.47. The van der Waals surface area contributed by atoms with Gasteiger partial charge in [-0.3, -0.25) is 4.90 Å². The van der Waals surface area contributed by atoms with E-state index in [1.807, 2.05) is 0 Å². The van der Waals surface area contributed by atoms with Gasteiger partial charge in [-0.05, 0) is 42.7 Å². The fourth-order valence-corrected chi connectivity index (χ4v) is 4.18. The summed E-state index contributed by atoms with van der Waals surface area (Å²) < 4.78 is 0. The Morgan fingerprint density at radius 2 is 2.10 bits per heavy atom. The quantitative estimate of drug-likeness (QED) is 0.910. The first-order valence-electron chi connectivity index (χ1n) is 8.77. The molecule has 0 saturated carbocycles. The van der Waals surface area contributed by atoms with Crippen molar-refractivity contribution in [1.29, 1.82) is 0 Å². The van der Waals surface area contributed by atoms with Crippen molar-refractivity contribution in [3.8, 4) is 0 Å². The van der Waals surface area contributed by atoms with Crippen molar-refractivity contribution in [3.63, 3.8) is 0 Å². The van der Waals surface area contributed by atoms with Gasteiger partial charge in [0, 0.05) is 31.2 Å². The molecule has 2 aliphatic rings. The number of nitrogens with zero attached hydrogens (tertiary/aromatic N) is 1. The van der Waals surface area contributed by atoms with Gasteiger partial charge in [0.2, 0.25) is 0 Å². The van der Waals surface area contributed by atoms with Gasteiger partial charge in [0.25, 0.3) is 0 Å². The van der Waals surface area contributed by atoms with Crippen LogP contribution in [0.4, 0.5) is 0 Å². The Morgan fingerprint density at radius 1 is 1.29 bits per heavy atom. The van der Waals surface area contributed by atoms with Crippen molar-refractivity contribution in [2.24, 2.45) is 5.92 Å². The number of benzene rings is 1. The second-order valence-corrected chi connectivity index (χ2v) is 7.13. The molecular formula is C19H30N2. The lowest BCUT2D eigenvalue weighted by Gasteiger charge is -2.48. The molecule has 0 bridgehead atoms. The highest BCUT2D eigenvalue weighted by molar-refractivity contribution is 5.32. The molecule has 2 nitrogen and oxygen atoms in total. The Morgan fingerprint density at radius 3 is 2.86 bits per heavy atom. The molecule has 3 atom stereocenters. The third kappa shape index (κ3) is 3.02. The molecule has 1 aromatic carbocycles. The van der Waals surface area contributed by atoms with E-state index in [1.54, 1.807) is 11.1 Å². The van der Waals surface area contributed by atoms with Crippen LogP contribution in [-0.4, -0.2) is 30.1 Å². The Labute approximate surface area is 129 Å². The standard InChI is InChI=1S/C19H30N2/c1-4-16-13-21(19(12-20-16)14(2)3)18-11-7-9-15-8-5-6-10-17(15)18/h5-6,8,10,14,16,18-20H,4,7,9,11-13H2,1-3H3. The smallest absolute Gasteiger partial charge is 0.0355 e. The minimum atomic E-state index is 0.638. The predicted octanol–water partition coefficient (Wildman–Crippen LogP) is 3.77. The van der Waals surface area contributed by atoms with Gasteiger partial charge in [-0.1, -0.05) is 45.0 Å². The van der Waals surface area contributed by atoms with Crippen LogP contribution >= 0.6 is 0 Å². The van der Waals surface area contributed by atoms with E-state index >= 15 is 0 Å². The summed E-state index contributed by atoms with van der Waals surface area (Å²) in [6.07, 6.45) is 5.17. The molecule has 0 amide bonds. The summed E-state index contributed by atoms with van der Waals surface area (Å²) in [5, 5.41) is 3.75. The number of piperazine rings is 1. The SMILES string of the molecule is CCC1CN(C2CCCc3ccccc32)C(C(C)C)CN1. The first-order chi connectivity index (χ1) is 10.2. The fraction of sp³-hybridized carbons (Fsp3) is 0.684. The Kier molecular flexibility index (Phi) is 4.66. The molecule has 3 rings (SSSR count). The van der Waals surface area contributed by atoms with Gasteiger partial charge in [0.05, 0.1) is 0 Å². The molecule has 1 fully saturated rings. The molecule has 1 aromatic rings. The number of nitrogens with one attached hydrogen (secondary N) is 1. The molecule has 1 aliphatic carbocycles. The van der Waals surface area contributed by atoms with Crippen LogP contribution in [0.5, 0.6) is 0 Å². The van der Waals surface area contributed by atoms with Gasteiger partial charge in [0.1, 0.15) is 0 Å². The number of hydrogen-bond acceptors (Lipinski definition) is 2. The van der Waals surface area contributed by atoms with Gasteiger partial charge in [0.15, 0.2) is 0 Å². The average molecular weight is 286 g/mol. The van der Waals surface area contributed by atoms with E-state index in [0.717, 1.165) is 6.54 Å². The maximum absolute atomic E-state index is 3.75. The minimum Gasteiger partial charge on any atom is -0.311 e. The maximum Gasteiger partial charge on any atom is 0.0355 e. The first-order valence-corrected chi connectivity index (χ1v) is 8.77.